The first kappa shape index (κ1) is 38.0. The first-order chi connectivity index (χ1) is 15.6. The second-order valence-electron chi connectivity index (χ2n) is 9.12. The topological polar surface area (TPSA) is 149 Å². The molecule has 0 fully saturated rings. The molecule has 0 amide bonds. The van der Waals surface area contributed by atoms with Crippen molar-refractivity contribution in [1.82, 2.24) is 0 Å². The van der Waals surface area contributed by atoms with Crippen molar-refractivity contribution in [2.75, 3.05) is 32.7 Å². The van der Waals surface area contributed by atoms with Gasteiger partial charge >= 0.3 is 11.9 Å². The summed E-state index contributed by atoms with van der Waals surface area (Å²) in [5.41, 5.74) is -0.971. The lowest BCUT2D eigenvalue weighted by atomic mass is 10.2. The summed E-state index contributed by atoms with van der Waals surface area (Å²) in [4.78, 5) is 42.2. The number of carbonyl (C=O) groups is 4. The molecule has 0 atom stereocenters. The van der Waals surface area contributed by atoms with Gasteiger partial charge in [0.2, 0.25) is 5.12 Å². The molecular formula is C22H42O11S2. The van der Waals surface area contributed by atoms with Crippen LogP contribution in [0.2, 0.25) is 0 Å². The van der Waals surface area contributed by atoms with Gasteiger partial charge in [-0.25, -0.2) is 0 Å². The number of ketones is 1. The van der Waals surface area contributed by atoms with Crippen molar-refractivity contribution in [3.63, 3.8) is 0 Å². The first-order valence-electron chi connectivity index (χ1n) is 10.8. The molecule has 0 aliphatic heterocycles. The van der Waals surface area contributed by atoms with E-state index in [0.717, 1.165) is 18.3 Å². The van der Waals surface area contributed by atoms with Gasteiger partial charge in [0.1, 0.15) is 17.0 Å². The van der Waals surface area contributed by atoms with Crippen LogP contribution in [-0.2, 0) is 51.9 Å². The van der Waals surface area contributed by atoms with Crippen molar-refractivity contribution >= 4 is 45.0 Å². The minimum Gasteiger partial charge on any atom is -0.460 e. The Labute approximate surface area is 214 Å². The van der Waals surface area contributed by atoms with Crippen molar-refractivity contribution in [3.05, 3.63) is 0 Å². The third kappa shape index (κ3) is 46.5. The van der Waals surface area contributed by atoms with Gasteiger partial charge in [0.25, 0.3) is 10.1 Å². The van der Waals surface area contributed by atoms with Crippen LogP contribution in [0.4, 0.5) is 0 Å². The van der Waals surface area contributed by atoms with E-state index < -0.39 is 21.3 Å². The third-order valence-electron chi connectivity index (χ3n) is 2.38. The molecule has 0 radical (unpaired) electrons. The molecule has 0 aliphatic carbocycles. The smallest absolute Gasteiger partial charge is 0.308 e. The first-order valence-corrected chi connectivity index (χ1v) is 13.3. The molecule has 13 heteroatoms. The van der Waals surface area contributed by atoms with Crippen molar-refractivity contribution in [1.29, 1.82) is 0 Å². The minimum absolute atomic E-state index is 0.0485. The lowest BCUT2D eigenvalue weighted by Crippen LogP contribution is -2.24. The average molecular weight is 547 g/mol. The van der Waals surface area contributed by atoms with Crippen LogP contribution in [0, 0.1) is 0 Å². The van der Waals surface area contributed by atoms with E-state index in [1.165, 1.54) is 20.8 Å². The van der Waals surface area contributed by atoms with Gasteiger partial charge in [0, 0.05) is 6.92 Å². The summed E-state index contributed by atoms with van der Waals surface area (Å²) < 4.78 is 45.6. The van der Waals surface area contributed by atoms with Gasteiger partial charge in [-0.05, 0) is 55.4 Å². The van der Waals surface area contributed by atoms with E-state index in [1.54, 1.807) is 41.5 Å². The predicted octanol–water partition coefficient (Wildman–Crippen LogP) is 3.24. The fraction of sp³-hybridized carbons (Fsp3) is 0.818. The van der Waals surface area contributed by atoms with Crippen molar-refractivity contribution < 1.29 is 50.2 Å². The normalized spacial score (nSPS) is 11.3. The van der Waals surface area contributed by atoms with E-state index in [2.05, 4.69) is 4.18 Å². The quantitative estimate of drug-likeness (QED) is 0.162. The van der Waals surface area contributed by atoms with Crippen LogP contribution in [0.1, 0.15) is 75.2 Å². The monoisotopic (exact) mass is 546 g/mol. The molecule has 0 heterocycles. The zero-order valence-electron chi connectivity index (χ0n) is 22.5. The molecule has 0 aromatic heterocycles. The highest BCUT2D eigenvalue weighted by Crippen LogP contribution is 2.10. The number of esters is 2. The number of Topliss-reactive ketones (excluding diaryl/α,β-unsaturated/α-hetero) is 1. The molecule has 0 unspecified atom stereocenters. The molecule has 0 N–H and O–H groups in total. The molecule has 208 valence electrons. The third-order valence-corrected chi connectivity index (χ3v) is 3.50. The SMILES string of the molecule is CC(=O)SOCCC(=O)OC(C)(C)C.CC(C)(C)OC(=O)CCOCCOS(C)(=O)=O.CC(C)=O. The van der Waals surface area contributed by atoms with Gasteiger partial charge in [-0.1, -0.05) is 0 Å². The molecule has 0 spiro atoms. The maximum atomic E-state index is 11.2. The van der Waals surface area contributed by atoms with Gasteiger partial charge in [-0.2, -0.15) is 8.42 Å². The molecule has 0 saturated heterocycles. The van der Waals surface area contributed by atoms with Crippen LogP contribution in [0.15, 0.2) is 0 Å². The van der Waals surface area contributed by atoms with Crippen LogP contribution >= 0.6 is 12.0 Å². The maximum absolute atomic E-state index is 11.2. The average Bonchev–Trinajstić information content (AvgIpc) is 2.58. The number of hydrogen-bond donors (Lipinski definition) is 0. The summed E-state index contributed by atoms with van der Waals surface area (Å²) in [5, 5.41) is -0.130. The maximum Gasteiger partial charge on any atom is 0.308 e. The Hall–Kier alpha value is -1.54. The fourth-order valence-electron chi connectivity index (χ4n) is 1.54. The Balaban J connectivity index is -0.000000514. The van der Waals surface area contributed by atoms with Crippen molar-refractivity contribution in [3.8, 4) is 0 Å². The van der Waals surface area contributed by atoms with Gasteiger partial charge in [-0.15, -0.1) is 0 Å². The summed E-state index contributed by atoms with van der Waals surface area (Å²) in [7, 11) is -3.42. The largest absolute Gasteiger partial charge is 0.460 e. The second-order valence-corrected chi connectivity index (χ2v) is 11.7. The molecule has 35 heavy (non-hydrogen) atoms. The van der Waals surface area contributed by atoms with Crippen LogP contribution in [0.5, 0.6) is 0 Å². The molecule has 0 aromatic carbocycles. The summed E-state index contributed by atoms with van der Waals surface area (Å²) in [6.45, 7) is 15.7. The van der Waals surface area contributed by atoms with Gasteiger partial charge in [0.15, 0.2) is 0 Å². The van der Waals surface area contributed by atoms with E-state index in [4.69, 9.17) is 18.4 Å². The minimum atomic E-state index is -3.42. The van der Waals surface area contributed by atoms with E-state index >= 15 is 0 Å². The lowest BCUT2D eigenvalue weighted by Gasteiger charge is -2.19. The Morgan fingerprint density at radius 1 is 0.714 bits per heavy atom. The van der Waals surface area contributed by atoms with Gasteiger partial charge in [0.05, 0.1) is 57.6 Å². The summed E-state index contributed by atoms with van der Waals surface area (Å²) in [6, 6.07) is 0. The van der Waals surface area contributed by atoms with Crippen LogP contribution < -0.4 is 0 Å². The lowest BCUT2D eigenvalue weighted by molar-refractivity contribution is -0.156. The van der Waals surface area contributed by atoms with E-state index in [9.17, 15) is 27.6 Å². The van der Waals surface area contributed by atoms with Crippen LogP contribution in [-0.4, -0.2) is 75.1 Å². The number of ether oxygens (including phenoxy) is 3. The molecule has 0 aliphatic rings. The highest BCUT2D eigenvalue weighted by atomic mass is 32.2. The van der Waals surface area contributed by atoms with Crippen molar-refractivity contribution in [2.24, 2.45) is 0 Å². The zero-order chi connectivity index (χ0) is 28.3. The second kappa shape index (κ2) is 19.6. The molecule has 0 bridgehead atoms. The fourth-order valence-corrected chi connectivity index (χ4v) is 2.24. The predicted molar refractivity (Wildman–Crippen MR) is 133 cm³/mol. The molecular weight excluding hydrogens is 504 g/mol. The van der Waals surface area contributed by atoms with Crippen LogP contribution in [0.25, 0.3) is 0 Å². The van der Waals surface area contributed by atoms with E-state index in [-0.39, 0.29) is 62.1 Å². The summed E-state index contributed by atoms with van der Waals surface area (Å²) in [6.07, 6.45) is 1.27. The number of carbonyl (C=O) groups excluding carboxylic acids is 4. The Morgan fingerprint density at radius 2 is 1.11 bits per heavy atom. The highest BCUT2D eigenvalue weighted by molar-refractivity contribution is 8.09. The standard InChI is InChI=1S/C10H20O6S.C9H16O4S.C3H6O/c1-10(2,3)16-9(11)5-6-14-7-8-15-17(4,12)13;1-7(10)14-12-6-5-8(11)13-9(2,3)4;1-3(2)4/h5-8H2,1-4H3;5-6H2,1-4H3;1-2H3. The van der Waals surface area contributed by atoms with Crippen molar-refractivity contribution in [2.45, 2.75) is 86.4 Å². The summed E-state index contributed by atoms with van der Waals surface area (Å²) >= 11 is 0.745. The molecule has 0 saturated carbocycles. The zero-order valence-corrected chi connectivity index (χ0v) is 24.2. The Kier molecular flexibility index (Phi) is 21.3. The number of rotatable bonds is 11. The van der Waals surface area contributed by atoms with E-state index in [0.29, 0.717) is 0 Å². The Morgan fingerprint density at radius 3 is 1.46 bits per heavy atom. The van der Waals surface area contributed by atoms with Crippen LogP contribution in [0.3, 0.4) is 0 Å². The molecule has 0 aromatic rings. The number of hydrogen-bond acceptors (Lipinski definition) is 12. The molecule has 0 rings (SSSR count). The summed E-state index contributed by atoms with van der Waals surface area (Å²) in [5.74, 6) is -0.497. The molecule has 11 nitrogen and oxygen atoms in total. The highest BCUT2D eigenvalue weighted by Gasteiger charge is 2.16. The Bertz CT molecular complexity index is 729. The van der Waals surface area contributed by atoms with E-state index in [1.807, 2.05) is 0 Å². The van der Waals surface area contributed by atoms with Gasteiger partial charge in [-0.3, -0.25) is 18.6 Å². The van der Waals surface area contributed by atoms with Gasteiger partial charge < -0.3 is 23.2 Å².